The van der Waals surface area contributed by atoms with Gasteiger partial charge in [0.2, 0.25) is 5.69 Å². The van der Waals surface area contributed by atoms with E-state index >= 15 is 0 Å². The van der Waals surface area contributed by atoms with Crippen LogP contribution in [0.15, 0.2) is 83.5 Å². The standard InChI is InChI=1S/C29H29N4O/c1-3-5-15-29(4-2)19-22-13-14-23(18-24(22)26-11-8-9-16-32(26)29)33-20-25(30-31-33)28-17-21-10-6-7-12-27(21)34-28/h6-14,16-18,20H,3-5,15,19H2,1-2H3/q+1. The van der Waals surface area contributed by atoms with Gasteiger partial charge in [0.15, 0.2) is 17.5 Å². The molecule has 0 spiro atoms. The van der Waals surface area contributed by atoms with Crippen LogP contribution >= 0.6 is 0 Å². The summed E-state index contributed by atoms with van der Waals surface area (Å²) in [5.41, 5.74) is 6.70. The van der Waals surface area contributed by atoms with Crippen LogP contribution in [0.5, 0.6) is 0 Å². The van der Waals surface area contributed by atoms with Crippen molar-refractivity contribution in [2.75, 3.05) is 0 Å². The van der Waals surface area contributed by atoms with Gasteiger partial charge in [0.25, 0.3) is 0 Å². The lowest BCUT2D eigenvalue weighted by atomic mass is 9.78. The second-order valence-corrected chi connectivity index (χ2v) is 9.35. The summed E-state index contributed by atoms with van der Waals surface area (Å²) in [4.78, 5) is 0. The maximum absolute atomic E-state index is 5.99. The number of fused-ring (bicyclic) bond motifs is 4. The molecule has 1 atom stereocenters. The summed E-state index contributed by atoms with van der Waals surface area (Å²) in [6, 6.07) is 23.3. The van der Waals surface area contributed by atoms with Crippen LogP contribution in [0, 0.1) is 0 Å². The molecule has 0 saturated carbocycles. The van der Waals surface area contributed by atoms with Crippen molar-refractivity contribution in [3.63, 3.8) is 0 Å². The second kappa shape index (κ2) is 8.24. The van der Waals surface area contributed by atoms with Crippen LogP contribution in [-0.2, 0) is 12.0 Å². The van der Waals surface area contributed by atoms with Crippen LogP contribution in [0.25, 0.3) is 39.4 Å². The highest BCUT2D eigenvalue weighted by molar-refractivity contribution is 5.82. The highest BCUT2D eigenvalue weighted by Crippen LogP contribution is 2.38. The van der Waals surface area contributed by atoms with Crippen LogP contribution in [0.2, 0.25) is 0 Å². The van der Waals surface area contributed by atoms with Crippen molar-refractivity contribution in [1.29, 1.82) is 0 Å². The molecule has 3 aromatic heterocycles. The summed E-state index contributed by atoms with van der Waals surface area (Å²) < 4.78 is 10.4. The Labute approximate surface area is 199 Å². The average molecular weight is 450 g/mol. The van der Waals surface area contributed by atoms with E-state index in [1.807, 2.05) is 41.2 Å². The Balaban J connectivity index is 1.39. The minimum absolute atomic E-state index is 0.142. The normalized spacial score (nSPS) is 17.0. The number of aromatic nitrogens is 4. The molecule has 2 aromatic carbocycles. The van der Waals surface area contributed by atoms with E-state index in [0.29, 0.717) is 0 Å². The molecule has 0 fully saturated rings. The first-order valence-electron chi connectivity index (χ1n) is 12.3. The lowest BCUT2D eigenvalue weighted by Gasteiger charge is -2.33. The molecule has 1 aliphatic rings. The molecule has 6 rings (SSSR count). The number of benzene rings is 2. The number of unbranched alkanes of at least 4 members (excludes halogenated alkanes) is 1. The van der Waals surface area contributed by atoms with Gasteiger partial charge in [0, 0.05) is 36.8 Å². The predicted octanol–water partition coefficient (Wildman–Crippen LogP) is 6.49. The molecule has 1 unspecified atom stereocenters. The predicted molar refractivity (Wildman–Crippen MR) is 134 cm³/mol. The van der Waals surface area contributed by atoms with E-state index in [1.165, 1.54) is 36.1 Å². The largest absolute Gasteiger partial charge is 0.454 e. The van der Waals surface area contributed by atoms with E-state index in [-0.39, 0.29) is 5.54 Å². The first-order chi connectivity index (χ1) is 16.7. The Morgan fingerprint density at radius 3 is 2.76 bits per heavy atom. The van der Waals surface area contributed by atoms with Gasteiger partial charge in [-0.3, -0.25) is 0 Å². The van der Waals surface area contributed by atoms with Gasteiger partial charge in [0.05, 0.1) is 17.4 Å². The van der Waals surface area contributed by atoms with E-state index in [9.17, 15) is 0 Å². The third-order valence-corrected chi connectivity index (χ3v) is 7.35. The summed E-state index contributed by atoms with van der Waals surface area (Å²) in [5, 5.41) is 9.89. The molecule has 0 aliphatic carbocycles. The van der Waals surface area contributed by atoms with Gasteiger partial charge >= 0.3 is 0 Å². The Morgan fingerprint density at radius 2 is 1.91 bits per heavy atom. The fraction of sp³-hybridized carbons (Fsp3) is 0.276. The molecule has 0 amide bonds. The lowest BCUT2D eigenvalue weighted by molar-refractivity contribution is -0.759. The number of hydrogen-bond donors (Lipinski definition) is 0. The molecule has 1 aliphatic heterocycles. The molecule has 0 bridgehead atoms. The van der Waals surface area contributed by atoms with Crippen LogP contribution in [-0.4, -0.2) is 15.0 Å². The highest BCUT2D eigenvalue weighted by atomic mass is 16.3. The maximum Gasteiger partial charge on any atom is 0.213 e. The zero-order valence-electron chi connectivity index (χ0n) is 19.7. The average Bonchev–Trinajstić information content (AvgIpc) is 3.54. The topological polar surface area (TPSA) is 47.7 Å². The Bertz CT molecular complexity index is 1450. The number of hydrogen-bond acceptors (Lipinski definition) is 3. The van der Waals surface area contributed by atoms with Crippen molar-refractivity contribution in [3.8, 4) is 28.4 Å². The van der Waals surface area contributed by atoms with E-state index in [0.717, 1.165) is 41.0 Å². The molecule has 0 saturated heterocycles. The molecule has 5 nitrogen and oxygen atoms in total. The molecule has 0 N–H and O–H groups in total. The third-order valence-electron chi connectivity index (χ3n) is 7.35. The van der Waals surface area contributed by atoms with E-state index < -0.39 is 0 Å². The zero-order chi connectivity index (χ0) is 23.1. The van der Waals surface area contributed by atoms with Crippen LogP contribution in [0.4, 0.5) is 0 Å². The summed E-state index contributed by atoms with van der Waals surface area (Å²) in [6.07, 6.45) is 10.1. The van der Waals surface area contributed by atoms with Gasteiger partial charge in [-0.15, -0.1) is 5.10 Å². The number of furan rings is 1. The quantitative estimate of drug-likeness (QED) is 0.279. The fourth-order valence-electron chi connectivity index (χ4n) is 5.41. The third kappa shape index (κ3) is 3.35. The molecule has 0 radical (unpaired) electrons. The summed E-state index contributed by atoms with van der Waals surface area (Å²) in [7, 11) is 0. The molecule has 5 aromatic rings. The van der Waals surface area contributed by atoms with E-state index in [2.05, 4.69) is 71.3 Å². The van der Waals surface area contributed by atoms with Crippen molar-refractivity contribution < 1.29 is 8.98 Å². The smallest absolute Gasteiger partial charge is 0.213 e. The van der Waals surface area contributed by atoms with Gasteiger partial charge in [0.1, 0.15) is 11.3 Å². The number of para-hydroxylation sites is 1. The van der Waals surface area contributed by atoms with E-state index in [4.69, 9.17) is 4.42 Å². The zero-order valence-corrected chi connectivity index (χ0v) is 19.7. The van der Waals surface area contributed by atoms with Crippen molar-refractivity contribution in [1.82, 2.24) is 15.0 Å². The number of pyridine rings is 1. The Kier molecular flexibility index (Phi) is 5.05. The van der Waals surface area contributed by atoms with Crippen LogP contribution < -0.4 is 4.57 Å². The summed E-state index contributed by atoms with van der Waals surface area (Å²) >= 11 is 0. The van der Waals surface area contributed by atoms with Crippen LogP contribution in [0.1, 0.15) is 45.1 Å². The monoisotopic (exact) mass is 449 g/mol. The Morgan fingerprint density at radius 1 is 1.03 bits per heavy atom. The van der Waals surface area contributed by atoms with Gasteiger partial charge in [-0.25, -0.2) is 4.68 Å². The first kappa shape index (κ1) is 20.8. The number of rotatable bonds is 6. The van der Waals surface area contributed by atoms with Crippen molar-refractivity contribution in [3.05, 3.63) is 84.7 Å². The first-order valence-corrected chi connectivity index (χ1v) is 12.3. The Hall–Kier alpha value is -3.73. The molecular weight excluding hydrogens is 420 g/mol. The molecule has 170 valence electrons. The lowest BCUT2D eigenvalue weighted by Crippen LogP contribution is -2.60. The maximum atomic E-state index is 5.99. The van der Waals surface area contributed by atoms with Crippen LogP contribution in [0.3, 0.4) is 0 Å². The SMILES string of the molecule is CCCCC1(CC)Cc2ccc(-n3cc(-c4cc5ccccc5o4)nn3)cc2-c2cccc[n+]21. The van der Waals surface area contributed by atoms with Gasteiger partial charge in [-0.05, 0) is 42.3 Å². The van der Waals surface area contributed by atoms with Crippen molar-refractivity contribution in [2.45, 2.75) is 51.5 Å². The summed E-state index contributed by atoms with van der Waals surface area (Å²) in [5.74, 6) is 0.731. The molecule has 4 heterocycles. The number of nitrogens with zero attached hydrogens (tertiary/aromatic N) is 4. The minimum atomic E-state index is 0.142. The molecule has 34 heavy (non-hydrogen) atoms. The van der Waals surface area contributed by atoms with E-state index in [1.54, 1.807) is 0 Å². The van der Waals surface area contributed by atoms with Crippen molar-refractivity contribution >= 4 is 11.0 Å². The molecule has 5 heteroatoms. The molecular formula is C29H29N4O+. The second-order valence-electron chi connectivity index (χ2n) is 9.35. The van der Waals surface area contributed by atoms with Gasteiger partial charge in [-0.1, -0.05) is 49.7 Å². The summed E-state index contributed by atoms with van der Waals surface area (Å²) in [6.45, 7) is 4.61. The minimum Gasteiger partial charge on any atom is -0.454 e. The van der Waals surface area contributed by atoms with Gasteiger partial charge in [-0.2, -0.15) is 4.57 Å². The van der Waals surface area contributed by atoms with Crippen molar-refractivity contribution in [2.24, 2.45) is 0 Å². The fourth-order valence-corrected chi connectivity index (χ4v) is 5.41. The highest BCUT2D eigenvalue weighted by Gasteiger charge is 2.44. The van der Waals surface area contributed by atoms with Gasteiger partial charge < -0.3 is 4.42 Å².